The molecule has 0 aromatic heterocycles. The van der Waals surface area contributed by atoms with Gasteiger partial charge in [0, 0.05) is 11.8 Å². The lowest BCUT2D eigenvalue weighted by Crippen LogP contribution is -2.12. The smallest absolute Gasteiger partial charge is 0.248 e. The van der Waals surface area contributed by atoms with Crippen molar-refractivity contribution < 1.29 is 27.1 Å². The Kier molecular flexibility index (Phi) is 7.38. The first-order valence-electron chi connectivity index (χ1n) is 8.40. The number of carbonyl (C=O) groups excluding carboxylic acids is 1. The van der Waals surface area contributed by atoms with E-state index in [1.165, 1.54) is 25.3 Å². The van der Waals surface area contributed by atoms with Crippen molar-refractivity contribution in [1.29, 1.82) is 0 Å². The fraction of sp³-hybridized carbons (Fsp3) is 0.150. The highest BCUT2D eigenvalue weighted by molar-refractivity contribution is 7.92. The van der Waals surface area contributed by atoms with Crippen LogP contribution in [0.1, 0.15) is 5.56 Å². The van der Waals surface area contributed by atoms with Crippen molar-refractivity contribution in [3.63, 3.8) is 0 Å². The Morgan fingerprint density at radius 1 is 1.21 bits per heavy atom. The van der Waals surface area contributed by atoms with E-state index in [-0.39, 0.29) is 11.4 Å². The Morgan fingerprint density at radius 3 is 2.62 bits per heavy atom. The highest BCUT2D eigenvalue weighted by Crippen LogP contribution is 2.28. The third-order valence-electron chi connectivity index (χ3n) is 3.50. The highest BCUT2D eigenvalue weighted by atomic mass is 32.2. The molecule has 2 N–H and O–H groups in total. The molecule has 7 nitrogen and oxygen atoms in total. The molecule has 0 fully saturated rings. The largest absolute Gasteiger partial charge is 0.493 e. The number of amides is 1. The predicted molar refractivity (Wildman–Crippen MR) is 111 cm³/mol. The van der Waals surface area contributed by atoms with Gasteiger partial charge in [0.15, 0.2) is 11.5 Å². The second kappa shape index (κ2) is 9.74. The maximum Gasteiger partial charge on any atom is 0.248 e. The van der Waals surface area contributed by atoms with E-state index in [0.29, 0.717) is 23.7 Å². The lowest BCUT2D eigenvalue weighted by atomic mass is 10.2. The van der Waals surface area contributed by atoms with Crippen molar-refractivity contribution in [2.24, 2.45) is 0 Å². The Bertz CT molecular complexity index is 1040. The Labute approximate surface area is 168 Å². The van der Waals surface area contributed by atoms with Gasteiger partial charge in [-0.2, -0.15) is 0 Å². The van der Waals surface area contributed by atoms with Crippen LogP contribution in [0.3, 0.4) is 0 Å². The molecule has 29 heavy (non-hydrogen) atoms. The Hall–Kier alpha value is -3.33. The number of anilines is 2. The SMILES string of the molecule is C=CCOc1ccc(/C=C/C(=O)Nc2ccc(F)c(NS(C)(=O)=O)c2)cc1OC. The minimum absolute atomic E-state index is 0.234. The number of hydrogen-bond acceptors (Lipinski definition) is 5. The van der Waals surface area contributed by atoms with Crippen LogP contribution >= 0.6 is 0 Å². The van der Waals surface area contributed by atoms with E-state index in [2.05, 4.69) is 11.9 Å². The molecule has 154 valence electrons. The van der Waals surface area contributed by atoms with Crippen LogP contribution in [0.25, 0.3) is 6.08 Å². The second-order valence-corrected chi connectivity index (χ2v) is 7.65. The maximum atomic E-state index is 13.7. The normalized spacial score (nSPS) is 11.1. The first-order valence-corrected chi connectivity index (χ1v) is 10.3. The molecule has 0 aliphatic rings. The third kappa shape index (κ3) is 6.96. The fourth-order valence-corrected chi connectivity index (χ4v) is 2.85. The Balaban J connectivity index is 2.10. The van der Waals surface area contributed by atoms with Gasteiger partial charge in [0.05, 0.1) is 19.1 Å². The molecule has 0 spiro atoms. The molecule has 2 rings (SSSR count). The average Bonchev–Trinajstić information content (AvgIpc) is 2.66. The molecule has 1 amide bonds. The van der Waals surface area contributed by atoms with Gasteiger partial charge in [0.25, 0.3) is 0 Å². The summed E-state index contributed by atoms with van der Waals surface area (Å²) in [6.07, 6.45) is 5.37. The summed E-state index contributed by atoms with van der Waals surface area (Å²) in [6, 6.07) is 8.73. The molecule has 9 heteroatoms. The summed E-state index contributed by atoms with van der Waals surface area (Å²) in [5.41, 5.74) is 0.675. The lowest BCUT2D eigenvalue weighted by molar-refractivity contribution is -0.111. The van der Waals surface area contributed by atoms with E-state index in [9.17, 15) is 17.6 Å². The van der Waals surface area contributed by atoms with Gasteiger partial charge in [-0.15, -0.1) is 0 Å². The van der Waals surface area contributed by atoms with Gasteiger partial charge in [0.1, 0.15) is 12.4 Å². The summed E-state index contributed by atoms with van der Waals surface area (Å²) in [6.45, 7) is 3.92. The van der Waals surface area contributed by atoms with Gasteiger partial charge >= 0.3 is 0 Å². The van der Waals surface area contributed by atoms with Crippen molar-refractivity contribution in [2.45, 2.75) is 0 Å². The summed E-state index contributed by atoms with van der Waals surface area (Å²) < 4.78 is 49.0. The summed E-state index contributed by atoms with van der Waals surface area (Å²) in [5.74, 6) is -0.182. The highest BCUT2D eigenvalue weighted by Gasteiger charge is 2.10. The zero-order valence-corrected chi connectivity index (χ0v) is 16.8. The lowest BCUT2D eigenvalue weighted by Gasteiger charge is -2.10. The average molecular weight is 420 g/mol. The van der Waals surface area contributed by atoms with Crippen molar-refractivity contribution in [3.8, 4) is 11.5 Å². The quantitative estimate of drug-likeness (QED) is 0.479. The maximum absolute atomic E-state index is 13.7. The number of carbonyl (C=O) groups is 1. The van der Waals surface area contributed by atoms with Crippen LogP contribution in [0.15, 0.2) is 55.1 Å². The van der Waals surface area contributed by atoms with Crippen LogP contribution < -0.4 is 19.5 Å². The van der Waals surface area contributed by atoms with Crippen LogP contribution in [-0.4, -0.2) is 34.3 Å². The molecular weight excluding hydrogens is 399 g/mol. The van der Waals surface area contributed by atoms with Crippen molar-refractivity contribution in [2.75, 3.05) is 30.0 Å². The number of ether oxygens (including phenoxy) is 2. The monoisotopic (exact) mass is 420 g/mol. The van der Waals surface area contributed by atoms with E-state index >= 15 is 0 Å². The molecule has 0 saturated carbocycles. The molecule has 0 heterocycles. The number of benzene rings is 2. The van der Waals surface area contributed by atoms with Crippen molar-refractivity contribution >= 4 is 33.4 Å². The number of methoxy groups -OCH3 is 1. The van der Waals surface area contributed by atoms with E-state index in [1.54, 1.807) is 30.4 Å². The number of hydrogen-bond donors (Lipinski definition) is 2. The first-order chi connectivity index (χ1) is 13.7. The molecule has 0 radical (unpaired) electrons. The van der Waals surface area contributed by atoms with E-state index in [4.69, 9.17) is 9.47 Å². The molecular formula is C20H21FN2O5S. The summed E-state index contributed by atoms with van der Waals surface area (Å²) in [5, 5.41) is 2.54. The van der Waals surface area contributed by atoms with Gasteiger partial charge < -0.3 is 14.8 Å². The van der Waals surface area contributed by atoms with Crippen molar-refractivity contribution in [3.05, 3.63) is 66.5 Å². The molecule has 0 unspecified atom stereocenters. The zero-order valence-electron chi connectivity index (χ0n) is 15.9. The summed E-state index contributed by atoms with van der Waals surface area (Å²) in [4.78, 5) is 12.1. The minimum Gasteiger partial charge on any atom is -0.493 e. The number of rotatable bonds is 9. The van der Waals surface area contributed by atoms with Gasteiger partial charge in [-0.05, 0) is 42.0 Å². The molecule has 0 bridgehead atoms. The van der Waals surface area contributed by atoms with Crippen LogP contribution in [0.4, 0.5) is 15.8 Å². The van der Waals surface area contributed by atoms with Crippen LogP contribution in [0.2, 0.25) is 0 Å². The predicted octanol–water partition coefficient (Wildman–Crippen LogP) is 3.42. The standard InChI is InChI=1S/C20H21FN2O5S/c1-4-11-28-18-9-5-14(12-19(18)27-2)6-10-20(24)22-15-7-8-16(21)17(13-15)23-29(3,25)26/h4-10,12-13,23H,1,11H2,2-3H3,(H,22,24)/b10-6+. The first kappa shape index (κ1) is 22.0. The molecule has 0 saturated heterocycles. The van der Waals surface area contributed by atoms with E-state index in [1.807, 2.05) is 4.72 Å². The molecule has 2 aromatic carbocycles. The molecule has 0 aliphatic carbocycles. The molecule has 2 aromatic rings. The summed E-state index contributed by atoms with van der Waals surface area (Å²) >= 11 is 0. The second-order valence-electron chi connectivity index (χ2n) is 5.90. The van der Waals surface area contributed by atoms with Crippen LogP contribution in [0.5, 0.6) is 11.5 Å². The van der Waals surface area contributed by atoms with Gasteiger partial charge in [-0.1, -0.05) is 18.7 Å². The van der Waals surface area contributed by atoms with Gasteiger partial charge in [0.2, 0.25) is 15.9 Å². The topological polar surface area (TPSA) is 93.7 Å². The zero-order chi connectivity index (χ0) is 21.4. The number of sulfonamides is 1. The van der Waals surface area contributed by atoms with E-state index < -0.39 is 21.7 Å². The van der Waals surface area contributed by atoms with Gasteiger partial charge in [-0.25, -0.2) is 12.8 Å². The van der Waals surface area contributed by atoms with Crippen molar-refractivity contribution in [1.82, 2.24) is 0 Å². The molecule has 0 atom stereocenters. The number of halogens is 1. The summed E-state index contributed by atoms with van der Waals surface area (Å²) in [7, 11) is -2.14. The van der Waals surface area contributed by atoms with Gasteiger partial charge in [-0.3, -0.25) is 9.52 Å². The van der Waals surface area contributed by atoms with Crippen LogP contribution in [0, 0.1) is 5.82 Å². The number of nitrogens with one attached hydrogen (secondary N) is 2. The fourth-order valence-electron chi connectivity index (χ4n) is 2.29. The Morgan fingerprint density at radius 2 is 1.97 bits per heavy atom. The minimum atomic E-state index is -3.65. The molecule has 0 aliphatic heterocycles. The van der Waals surface area contributed by atoms with E-state index in [0.717, 1.165) is 12.3 Å². The third-order valence-corrected chi connectivity index (χ3v) is 4.09. The van der Waals surface area contributed by atoms with Crippen LogP contribution in [-0.2, 0) is 14.8 Å².